The van der Waals surface area contributed by atoms with Gasteiger partial charge in [-0.25, -0.2) is 12.8 Å². The van der Waals surface area contributed by atoms with E-state index in [1.807, 2.05) is 42.0 Å². The Morgan fingerprint density at radius 3 is 1.78 bits per heavy atom. The highest BCUT2D eigenvalue weighted by Crippen LogP contribution is 2.21. The Kier molecular flexibility index (Phi) is 29.8. The molecule has 524 valence electrons. The van der Waals surface area contributed by atoms with Crippen molar-refractivity contribution >= 4 is 103 Å². The number of hydrogen-bond acceptors (Lipinski definition) is 14. The summed E-state index contributed by atoms with van der Waals surface area (Å²) in [6.07, 6.45) is 1.02. The second kappa shape index (κ2) is 38.2. The Bertz CT molecular complexity index is 3940. The average molecular weight is 1380 g/mol. The number of carbonyl (C=O) groups is 12. The molecular formula is C68H82FN11O17S. The van der Waals surface area contributed by atoms with Gasteiger partial charge in [-0.15, -0.1) is 0 Å². The fourth-order valence-electron chi connectivity index (χ4n) is 10.6. The van der Waals surface area contributed by atoms with Gasteiger partial charge in [-0.05, 0) is 121 Å². The Balaban J connectivity index is 1.07. The van der Waals surface area contributed by atoms with Crippen molar-refractivity contribution in [2.45, 2.75) is 151 Å². The number of sulfonamides is 1. The minimum Gasteiger partial charge on any atom is -0.481 e. The molecule has 0 unspecified atom stereocenters. The van der Waals surface area contributed by atoms with Crippen molar-refractivity contribution in [2.75, 3.05) is 19.6 Å². The molecule has 6 atom stereocenters. The van der Waals surface area contributed by atoms with Crippen LogP contribution in [0.4, 0.5) is 4.39 Å². The molecule has 0 spiro atoms. The summed E-state index contributed by atoms with van der Waals surface area (Å²) < 4.78 is 43.4. The number of para-hydroxylation sites is 1. The fraction of sp³-hybridized carbons (Fsp3) is 0.382. The van der Waals surface area contributed by atoms with Gasteiger partial charge in [0.2, 0.25) is 57.3 Å². The number of fused-ring (bicyclic) bond motifs is 2. The van der Waals surface area contributed by atoms with Crippen molar-refractivity contribution in [3.05, 3.63) is 150 Å². The van der Waals surface area contributed by atoms with Crippen LogP contribution in [0.25, 0.3) is 21.7 Å². The van der Waals surface area contributed by atoms with Gasteiger partial charge in [0.05, 0.1) is 17.9 Å². The topological polar surface area (TPSA) is 450 Å². The molecule has 15 N–H and O–H groups in total. The number of nitrogens with one attached hydrogen (secondary N) is 10. The first-order valence-electron chi connectivity index (χ1n) is 32.0. The Labute approximate surface area is 564 Å². The number of hydrogen-bond donors (Lipinski definition) is 14. The molecule has 0 aliphatic rings. The van der Waals surface area contributed by atoms with Crippen molar-refractivity contribution in [1.82, 2.24) is 52.2 Å². The molecule has 0 saturated heterocycles. The molecule has 6 aromatic rings. The normalized spacial score (nSPS) is 13.1. The molecule has 0 fully saturated rings. The number of rotatable bonds is 42. The molecule has 1 heterocycles. The number of halogens is 1. The van der Waals surface area contributed by atoms with E-state index in [4.69, 9.17) is 5.73 Å². The number of amides is 9. The van der Waals surface area contributed by atoms with Crippen LogP contribution < -0.4 is 53.0 Å². The number of H-pyrrole nitrogens is 1. The van der Waals surface area contributed by atoms with Crippen molar-refractivity contribution in [3.8, 4) is 0 Å². The van der Waals surface area contributed by atoms with E-state index in [1.165, 1.54) is 36.4 Å². The lowest BCUT2D eigenvalue weighted by Gasteiger charge is -2.26. The monoisotopic (exact) mass is 1380 g/mol. The van der Waals surface area contributed by atoms with E-state index >= 15 is 0 Å². The van der Waals surface area contributed by atoms with Crippen LogP contribution in [0, 0.1) is 5.82 Å². The predicted molar refractivity (Wildman–Crippen MR) is 356 cm³/mol. The summed E-state index contributed by atoms with van der Waals surface area (Å²) in [5.74, 6) is -12.9. The third kappa shape index (κ3) is 25.2. The summed E-state index contributed by atoms with van der Waals surface area (Å²) in [6, 6.07) is 21.0. The lowest BCUT2D eigenvalue weighted by atomic mass is 10.0. The van der Waals surface area contributed by atoms with Gasteiger partial charge in [-0.1, -0.05) is 92.6 Å². The van der Waals surface area contributed by atoms with Crippen LogP contribution in [0.2, 0.25) is 0 Å². The van der Waals surface area contributed by atoms with Gasteiger partial charge >= 0.3 is 17.9 Å². The number of aryl methyl sites for hydroxylation is 1. The molecule has 28 nitrogen and oxygen atoms in total. The summed E-state index contributed by atoms with van der Waals surface area (Å²) >= 11 is 0. The molecule has 1 aromatic heterocycles. The second-order valence-electron chi connectivity index (χ2n) is 23.4. The van der Waals surface area contributed by atoms with Gasteiger partial charge in [0.1, 0.15) is 42.1 Å². The van der Waals surface area contributed by atoms with Crippen molar-refractivity contribution in [1.29, 1.82) is 0 Å². The fourth-order valence-corrected chi connectivity index (χ4v) is 11.8. The zero-order valence-corrected chi connectivity index (χ0v) is 54.7. The third-order valence-electron chi connectivity index (χ3n) is 15.7. The number of aromatic amines is 1. The van der Waals surface area contributed by atoms with Crippen LogP contribution in [0.3, 0.4) is 0 Å². The number of unbranched alkanes of at least 4 members (excludes halogenated alkanes) is 3. The number of aromatic nitrogens is 1. The summed E-state index contributed by atoms with van der Waals surface area (Å²) in [5.41, 5.74) is 8.20. The molecule has 0 radical (unpaired) electrons. The summed E-state index contributed by atoms with van der Waals surface area (Å²) in [6.45, 7) is 1.29. The second-order valence-corrected chi connectivity index (χ2v) is 25.1. The molecule has 5 aromatic carbocycles. The van der Waals surface area contributed by atoms with E-state index < -0.39 is 162 Å². The van der Waals surface area contributed by atoms with E-state index in [0.717, 1.165) is 34.9 Å². The zero-order chi connectivity index (χ0) is 71.3. The van der Waals surface area contributed by atoms with Crippen molar-refractivity contribution < 1.29 is 85.7 Å². The summed E-state index contributed by atoms with van der Waals surface area (Å²) in [5, 5.41) is 51.5. The highest BCUT2D eigenvalue weighted by Gasteiger charge is 2.34. The minimum atomic E-state index is -4.56. The predicted octanol–water partition coefficient (Wildman–Crippen LogP) is 3.05. The van der Waals surface area contributed by atoms with E-state index in [1.54, 1.807) is 42.6 Å². The lowest BCUT2D eigenvalue weighted by molar-refractivity contribution is -0.140. The maximum atomic E-state index is 14.6. The molecule has 0 bridgehead atoms. The van der Waals surface area contributed by atoms with Gasteiger partial charge in [-0.3, -0.25) is 57.5 Å². The van der Waals surface area contributed by atoms with E-state index in [9.17, 15) is 85.7 Å². The Morgan fingerprint density at radius 1 is 0.520 bits per heavy atom. The highest BCUT2D eigenvalue weighted by atomic mass is 32.2. The summed E-state index contributed by atoms with van der Waals surface area (Å²) in [4.78, 5) is 160. The minimum absolute atomic E-state index is 0.00746. The standard InChI is InChI=1S/C68H82FN11O17S/c1-2-13-41-22-26-48(27-23-41)98(96,97)80-56(38-61(87)88)68(95)78-53(29-31-60(85)86)65(92)74-40-58(82)76-54(35-42-14-12-17-47(69)34-42)66(93)79-55(37-46-39-73-50-19-8-7-18-49(46)50)67(94)77-52(28-30-59(83)84)64(91)72-32-10-3-4-21-57(81)75-51(62(70)89)20-9-11-33-71-63(90)45-25-24-43-15-5-6-16-44(43)36-45/h5-8,12,14-19,22-27,34,36,39,51-56,73,80H,2-4,9-11,13,20-21,28-33,35,37-38,40H2,1H3,(H2,70,89)(H,71,90)(H,72,91)(H,74,92)(H,75,81)(H,76,82)(H,77,94)(H,78,95)(H,79,93)(H,83,84)(H,85,86)(H,87,88)/t51-,52-,53-,54-,55-,56+/m0/s1. The number of aliphatic carboxylic acids is 3. The first-order valence-corrected chi connectivity index (χ1v) is 33.4. The number of benzene rings is 5. The number of primary amides is 1. The largest absolute Gasteiger partial charge is 0.481 e. The van der Waals surface area contributed by atoms with Crippen LogP contribution in [0.1, 0.15) is 117 Å². The molecule has 30 heteroatoms. The maximum absolute atomic E-state index is 14.6. The van der Waals surface area contributed by atoms with Gasteiger partial charge in [-0.2, -0.15) is 4.72 Å². The highest BCUT2D eigenvalue weighted by molar-refractivity contribution is 7.89. The summed E-state index contributed by atoms with van der Waals surface area (Å²) in [7, 11) is -4.56. The van der Waals surface area contributed by atoms with Crippen LogP contribution in [0.5, 0.6) is 0 Å². The molecule has 6 rings (SSSR count). The van der Waals surface area contributed by atoms with E-state index in [2.05, 4.69) is 47.5 Å². The number of carboxylic acid groups (broad SMARTS) is 3. The molecule has 0 aliphatic carbocycles. The number of nitrogens with two attached hydrogens (primary N) is 1. The van der Waals surface area contributed by atoms with Crippen LogP contribution in [-0.2, 0) is 82.0 Å². The van der Waals surface area contributed by atoms with Crippen LogP contribution in [0.15, 0.2) is 126 Å². The zero-order valence-electron chi connectivity index (χ0n) is 53.9. The first-order chi connectivity index (χ1) is 46.8. The van der Waals surface area contributed by atoms with Crippen LogP contribution >= 0.6 is 0 Å². The quantitative estimate of drug-likeness (QED) is 0.0245. The molecule has 98 heavy (non-hydrogen) atoms. The molecule has 0 aliphatic heterocycles. The van der Waals surface area contributed by atoms with Gasteiger partial charge < -0.3 is 68.6 Å². The third-order valence-corrected chi connectivity index (χ3v) is 17.2. The maximum Gasteiger partial charge on any atom is 0.305 e. The molecular weight excluding hydrogens is 1290 g/mol. The van der Waals surface area contributed by atoms with Crippen molar-refractivity contribution in [2.24, 2.45) is 5.73 Å². The number of carboxylic acids is 3. The SMILES string of the molecule is CCCc1ccc(S(=O)(=O)N[C@H](CC(=O)O)C(=O)N[C@@H](CCC(=O)O)C(=O)NCC(=O)N[C@@H](Cc2cccc(F)c2)C(=O)N[C@@H](Cc2c[nH]c3ccccc23)C(=O)N[C@@H](CCC(=O)O)C(=O)NCCCCCC(=O)N[C@@H](CCCCNC(=O)c2ccc3ccccc3c2)C(N)=O)cc1. The molecule has 0 saturated carbocycles. The Hall–Kier alpha value is -10.6. The first kappa shape index (κ1) is 76.4. The average Bonchev–Trinajstić information content (AvgIpc) is 1.23. The van der Waals surface area contributed by atoms with Crippen LogP contribution in [-0.4, -0.2) is 156 Å². The number of carbonyl (C=O) groups excluding carboxylic acids is 9. The van der Waals surface area contributed by atoms with Gasteiger partial charge in [0, 0.05) is 67.9 Å². The van der Waals surface area contributed by atoms with E-state index in [0.29, 0.717) is 67.1 Å². The van der Waals surface area contributed by atoms with Gasteiger partial charge in [0.15, 0.2) is 0 Å². The Morgan fingerprint density at radius 2 is 1.12 bits per heavy atom. The smallest absolute Gasteiger partial charge is 0.305 e. The molecule has 9 amide bonds. The van der Waals surface area contributed by atoms with E-state index in [-0.39, 0.29) is 42.2 Å². The van der Waals surface area contributed by atoms with Crippen molar-refractivity contribution in [3.63, 3.8) is 0 Å². The van der Waals surface area contributed by atoms with Gasteiger partial charge in [0.25, 0.3) is 5.91 Å². The lowest BCUT2D eigenvalue weighted by Crippen LogP contribution is -2.58.